The Kier molecular flexibility index (Phi) is 7.33. The molecule has 1 fully saturated rings. The Bertz CT molecular complexity index is 1370. The molecule has 1 N–H and O–H groups in total. The molecular weight excluding hydrogens is 502 g/mol. The molecule has 5 rings (SSSR count). The zero-order valence-corrected chi connectivity index (χ0v) is 22.3. The van der Waals surface area contributed by atoms with Crippen molar-refractivity contribution in [1.82, 2.24) is 19.8 Å². The highest BCUT2D eigenvalue weighted by molar-refractivity contribution is 7.98. The number of methoxy groups -OCH3 is 1. The Morgan fingerprint density at radius 1 is 1.08 bits per heavy atom. The number of thioether (sulfide) groups is 1. The number of ether oxygens (including phenoxy) is 1. The Balaban J connectivity index is 1.34. The number of pyridine rings is 2. The summed E-state index contributed by atoms with van der Waals surface area (Å²) in [5.41, 5.74) is 3.36. The van der Waals surface area contributed by atoms with E-state index >= 15 is 0 Å². The first kappa shape index (κ1) is 25.7. The summed E-state index contributed by atoms with van der Waals surface area (Å²) in [6, 6.07) is 13.0. The minimum absolute atomic E-state index is 0.180. The second-order valence-corrected chi connectivity index (χ2v) is 10.2. The van der Waals surface area contributed by atoms with Crippen LogP contribution in [0.4, 0.5) is 5.69 Å². The van der Waals surface area contributed by atoms with Crippen LogP contribution >= 0.6 is 11.8 Å². The molecule has 0 saturated carbocycles. The van der Waals surface area contributed by atoms with Gasteiger partial charge in [-0.1, -0.05) is 18.2 Å². The van der Waals surface area contributed by atoms with Crippen LogP contribution < -0.4 is 10.1 Å². The molecule has 0 radical (unpaired) electrons. The molecule has 2 aromatic heterocycles. The average Bonchev–Trinajstić information content (AvgIpc) is 3.41. The van der Waals surface area contributed by atoms with Gasteiger partial charge in [-0.05, 0) is 37.4 Å². The molecule has 2 amide bonds. The molecule has 1 saturated heterocycles. The smallest absolute Gasteiger partial charge is 0.290 e. The van der Waals surface area contributed by atoms with Crippen molar-refractivity contribution < 1.29 is 19.1 Å². The van der Waals surface area contributed by atoms with Crippen molar-refractivity contribution in [1.29, 1.82) is 0 Å². The van der Waals surface area contributed by atoms with Gasteiger partial charge in [-0.3, -0.25) is 24.4 Å². The van der Waals surface area contributed by atoms with Crippen LogP contribution in [0.2, 0.25) is 0 Å². The van der Waals surface area contributed by atoms with Gasteiger partial charge < -0.3 is 19.9 Å². The van der Waals surface area contributed by atoms with Crippen LogP contribution in [0.25, 0.3) is 11.3 Å². The van der Waals surface area contributed by atoms with Gasteiger partial charge in [0.2, 0.25) is 5.78 Å². The van der Waals surface area contributed by atoms with E-state index in [0.29, 0.717) is 34.9 Å². The van der Waals surface area contributed by atoms with Gasteiger partial charge in [0, 0.05) is 54.4 Å². The third kappa shape index (κ3) is 4.71. The quantitative estimate of drug-likeness (QED) is 0.382. The summed E-state index contributed by atoms with van der Waals surface area (Å²) < 4.78 is 5.56. The molecule has 2 atom stereocenters. The van der Waals surface area contributed by atoms with Crippen molar-refractivity contribution in [2.24, 2.45) is 0 Å². The van der Waals surface area contributed by atoms with Crippen LogP contribution in [0.1, 0.15) is 28.9 Å². The topological polar surface area (TPSA) is 105 Å². The Morgan fingerprint density at radius 3 is 2.53 bits per heavy atom. The fourth-order valence-corrected chi connectivity index (χ4v) is 5.49. The number of piperazine rings is 1. The van der Waals surface area contributed by atoms with Gasteiger partial charge in [0.05, 0.1) is 30.6 Å². The van der Waals surface area contributed by atoms with Crippen molar-refractivity contribution in [2.75, 3.05) is 44.9 Å². The highest BCUT2D eigenvalue weighted by Gasteiger charge is 2.40. The summed E-state index contributed by atoms with van der Waals surface area (Å²) in [5.74, 6) is -1.45. The zero-order valence-electron chi connectivity index (χ0n) is 21.5. The average molecular weight is 532 g/mol. The highest BCUT2D eigenvalue weighted by Crippen LogP contribution is 2.44. The summed E-state index contributed by atoms with van der Waals surface area (Å²) in [6.45, 7) is 3.04. The fourth-order valence-electron chi connectivity index (χ4n) is 5.08. The molecule has 196 valence electrons. The first-order chi connectivity index (χ1) is 18.4. The largest absolute Gasteiger partial charge is 0.495 e. The number of hydrogen-bond donors (Lipinski definition) is 1. The summed E-state index contributed by atoms with van der Waals surface area (Å²) in [4.78, 5) is 52.9. The standard InChI is InChI=1S/C28H29N5O4S/c1-17-16-32(12-13-33(17)27(35)21-6-4-5-11-29-21)28(36)26(34)20-14-30-25-23(20)22(37-2)15-31-24(25)18-7-9-19(38-3)10-8-18/h4-11,15,17,20,30H,12-14,16H2,1-3H3. The number of hydrogen-bond acceptors (Lipinski definition) is 8. The molecule has 1 aromatic carbocycles. The number of anilines is 1. The van der Waals surface area contributed by atoms with E-state index in [1.165, 1.54) is 7.11 Å². The van der Waals surface area contributed by atoms with E-state index in [2.05, 4.69) is 15.3 Å². The van der Waals surface area contributed by atoms with Crippen LogP contribution in [-0.2, 0) is 9.59 Å². The first-order valence-electron chi connectivity index (χ1n) is 12.4. The van der Waals surface area contributed by atoms with E-state index in [1.54, 1.807) is 52.2 Å². The Morgan fingerprint density at radius 2 is 1.87 bits per heavy atom. The van der Waals surface area contributed by atoms with Gasteiger partial charge in [0.15, 0.2) is 0 Å². The number of benzene rings is 1. The summed E-state index contributed by atoms with van der Waals surface area (Å²) >= 11 is 1.66. The molecule has 10 heteroatoms. The second-order valence-electron chi connectivity index (χ2n) is 9.30. The molecule has 0 aliphatic carbocycles. The van der Waals surface area contributed by atoms with E-state index in [4.69, 9.17) is 4.74 Å². The van der Waals surface area contributed by atoms with Crippen molar-refractivity contribution >= 4 is 35.0 Å². The summed E-state index contributed by atoms with van der Waals surface area (Å²) in [6.07, 6.45) is 5.21. The maximum Gasteiger partial charge on any atom is 0.290 e. The SMILES string of the molecule is COc1cnc(-c2ccc(SC)cc2)c2c1C(C(=O)C(=O)N1CCN(C(=O)c3ccccn3)C(C)C1)CN2. The number of aromatic nitrogens is 2. The fraction of sp³-hybridized carbons (Fsp3) is 0.321. The summed E-state index contributed by atoms with van der Waals surface area (Å²) in [5, 5.41) is 3.31. The highest BCUT2D eigenvalue weighted by atomic mass is 32.2. The molecule has 38 heavy (non-hydrogen) atoms. The van der Waals surface area contributed by atoms with Crippen molar-refractivity contribution in [3.8, 4) is 17.0 Å². The number of nitrogens with zero attached hydrogens (tertiary/aromatic N) is 4. The van der Waals surface area contributed by atoms with Crippen LogP contribution in [0.5, 0.6) is 5.75 Å². The van der Waals surface area contributed by atoms with Crippen molar-refractivity contribution in [3.63, 3.8) is 0 Å². The van der Waals surface area contributed by atoms with Crippen LogP contribution in [0.15, 0.2) is 59.8 Å². The van der Waals surface area contributed by atoms with Crippen molar-refractivity contribution in [2.45, 2.75) is 23.8 Å². The molecule has 2 unspecified atom stereocenters. The molecule has 0 bridgehead atoms. The normalized spacial score (nSPS) is 18.5. The minimum atomic E-state index is -0.692. The molecule has 3 aromatic rings. The first-order valence-corrected chi connectivity index (χ1v) is 13.7. The van der Waals surface area contributed by atoms with Gasteiger partial charge in [-0.15, -0.1) is 11.8 Å². The zero-order chi connectivity index (χ0) is 26.8. The molecule has 2 aliphatic rings. The van der Waals surface area contributed by atoms with Crippen LogP contribution in [0, 0.1) is 0 Å². The number of Topliss-reactive ketones (excluding diaryl/α,β-unsaturated/α-hetero) is 1. The van der Waals surface area contributed by atoms with E-state index in [9.17, 15) is 14.4 Å². The molecule has 4 heterocycles. The lowest BCUT2D eigenvalue weighted by Gasteiger charge is -2.39. The van der Waals surface area contributed by atoms with E-state index in [1.807, 2.05) is 37.4 Å². The van der Waals surface area contributed by atoms with Crippen LogP contribution in [-0.4, -0.2) is 83.0 Å². The Hall–Kier alpha value is -3.92. The third-order valence-electron chi connectivity index (χ3n) is 7.08. The lowest BCUT2D eigenvalue weighted by atomic mass is 9.94. The van der Waals surface area contributed by atoms with Gasteiger partial charge in [0.25, 0.3) is 11.8 Å². The predicted octanol–water partition coefficient (Wildman–Crippen LogP) is 3.33. The number of ketones is 1. The van der Waals surface area contributed by atoms with Gasteiger partial charge in [-0.25, -0.2) is 0 Å². The predicted molar refractivity (Wildman–Crippen MR) is 146 cm³/mol. The molecular formula is C28H29N5O4S. The maximum atomic E-state index is 13.5. The van der Waals surface area contributed by atoms with Crippen molar-refractivity contribution in [3.05, 3.63) is 66.1 Å². The number of amides is 2. The maximum absolute atomic E-state index is 13.5. The number of fused-ring (bicyclic) bond motifs is 1. The lowest BCUT2D eigenvalue weighted by molar-refractivity contribution is -0.146. The monoisotopic (exact) mass is 531 g/mol. The van der Waals surface area contributed by atoms with E-state index in [-0.39, 0.29) is 31.6 Å². The summed E-state index contributed by atoms with van der Waals surface area (Å²) in [7, 11) is 1.53. The van der Waals surface area contributed by atoms with Gasteiger partial charge >= 0.3 is 0 Å². The number of rotatable bonds is 6. The third-order valence-corrected chi connectivity index (χ3v) is 7.83. The molecule has 9 nitrogen and oxygen atoms in total. The van der Waals surface area contributed by atoms with E-state index in [0.717, 1.165) is 10.5 Å². The van der Waals surface area contributed by atoms with Gasteiger partial charge in [0.1, 0.15) is 11.4 Å². The molecule has 2 aliphatic heterocycles. The Labute approximate surface area is 225 Å². The second kappa shape index (κ2) is 10.8. The molecule has 0 spiro atoms. The number of carbonyl (C=O) groups excluding carboxylic acids is 3. The minimum Gasteiger partial charge on any atom is -0.495 e. The number of nitrogens with one attached hydrogen (secondary N) is 1. The van der Waals surface area contributed by atoms with Gasteiger partial charge in [-0.2, -0.15) is 0 Å². The van der Waals surface area contributed by atoms with E-state index < -0.39 is 17.6 Å². The number of carbonyl (C=O) groups is 3. The van der Waals surface area contributed by atoms with Crippen LogP contribution in [0.3, 0.4) is 0 Å². The lowest BCUT2D eigenvalue weighted by Crippen LogP contribution is -2.57.